The van der Waals surface area contributed by atoms with Crippen molar-refractivity contribution in [3.8, 4) is 5.75 Å². The number of aliphatic hydroxyl groups is 1. The van der Waals surface area contributed by atoms with E-state index in [-0.39, 0.29) is 16.5 Å². The molecule has 5 rings (SSSR count). The monoisotopic (exact) mass is 562 g/mol. The Bertz CT molecular complexity index is 1300. The first-order chi connectivity index (χ1) is 18.0. The van der Waals surface area contributed by atoms with Gasteiger partial charge in [-0.05, 0) is 55.4 Å². The maximum absolute atomic E-state index is 13.3. The summed E-state index contributed by atoms with van der Waals surface area (Å²) >= 11 is 6.28. The number of nitrogens with zero attached hydrogens (tertiary/aromatic N) is 3. The second kappa shape index (κ2) is 10.2. The van der Waals surface area contributed by atoms with Crippen LogP contribution in [0.2, 0.25) is 5.02 Å². The Morgan fingerprint density at radius 1 is 1.05 bits per heavy atom. The number of hydrogen-bond donors (Lipinski definition) is 2. The molecule has 0 radical (unpaired) electrons. The van der Waals surface area contributed by atoms with Crippen LogP contribution in [0.4, 0.5) is 11.5 Å². The summed E-state index contributed by atoms with van der Waals surface area (Å²) < 4.78 is 34.7. The topological polar surface area (TPSA) is 112 Å². The molecule has 0 unspecified atom stereocenters. The Morgan fingerprint density at radius 2 is 1.74 bits per heavy atom. The lowest BCUT2D eigenvalue weighted by Gasteiger charge is -2.39. The standard InChI is InChI=1S/C27H35ClN4O5S/c1-26(2)12-16-31(17-13-26)21-7-6-19(28)18-22(21)37-27(10-11-27)25(34)30-38(35,36)24-5-3-4-23(29-24)32-14-8-20(33)9-15-32/h3-7,18,20,33H,8-17H2,1-2H3,(H,30,34). The van der Waals surface area contributed by atoms with Gasteiger partial charge in [-0.3, -0.25) is 4.79 Å². The molecule has 2 saturated heterocycles. The van der Waals surface area contributed by atoms with Gasteiger partial charge in [0.1, 0.15) is 11.6 Å². The summed E-state index contributed by atoms with van der Waals surface area (Å²) in [5.74, 6) is 0.268. The molecule has 0 atom stereocenters. The molecule has 3 heterocycles. The molecular weight excluding hydrogens is 528 g/mol. The average molecular weight is 563 g/mol. The van der Waals surface area contributed by atoms with Gasteiger partial charge < -0.3 is 19.6 Å². The minimum Gasteiger partial charge on any atom is -0.475 e. The van der Waals surface area contributed by atoms with Crippen molar-refractivity contribution >= 4 is 39.0 Å². The summed E-state index contributed by atoms with van der Waals surface area (Å²) in [5.41, 5.74) is -0.147. The highest BCUT2D eigenvalue weighted by atomic mass is 35.5. The molecule has 1 aliphatic carbocycles. The molecular formula is C27H35ClN4O5S. The van der Waals surface area contributed by atoms with Crippen molar-refractivity contribution in [2.45, 2.75) is 69.1 Å². The zero-order valence-electron chi connectivity index (χ0n) is 21.8. The van der Waals surface area contributed by atoms with Crippen LogP contribution < -0.4 is 19.3 Å². The third-order valence-electron chi connectivity index (χ3n) is 7.80. The number of amides is 1. The van der Waals surface area contributed by atoms with Gasteiger partial charge in [0.2, 0.25) is 0 Å². The molecule has 1 saturated carbocycles. The molecule has 206 valence electrons. The second-order valence-corrected chi connectivity index (χ2v) is 13.4. The number of anilines is 2. The van der Waals surface area contributed by atoms with E-state index < -0.39 is 21.5 Å². The van der Waals surface area contributed by atoms with Crippen LogP contribution in [0.1, 0.15) is 52.4 Å². The van der Waals surface area contributed by atoms with Crippen LogP contribution in [-0.4, -0.2) is 62.3 Å². The smallest absolute Gasteiger partial charge is 0.281 e. The van der Waals surface area contributed by atoms with Gasteiger partial charge in [0.25, 0.3) is 15.9 Å². The number of carbonyl (C=O) groups is 1. The van der Waals surface area contributed by atoms with E-state index in [1.165, 1.54) is 6.07 Å². The maximum atomic E-state index is 13.3. The number of piperidine rings is 2. The summed E-state index contributed by atoms with van der Waals surface area (Å²) in [5, 5.41) is 10.0. The molecule has 1 amide bonds. The molecule has 0 bridgehead atoms. The van der Waals surface area contributed by atoms with Crippen LogP contribution in [0.3, 0.4) is 0 Å². The van der Waals surface area contributed by atoms with Gasteiger partial charge in [-0.1, -0.05) is 31.5 Å². The summed E-state index contributed by atoms with van der Waals surface area (Å²) in [6, 6.07) is 10.1. The zero-order chi connectivity index (χ0) is 27.1. The first-order valence-corrected chi connectivity index (χ1v) is 15.0. The molecule has 38 heavy (non-hydrogen) atoms. The number of aromatic nitrogens is 1. The molecule has 11 heteroatoms. The van der Waals surface area contributed by atoms with E-state index in [4.69, 9.17) is 16.3 Å². The van der Waals surface area contributed by atoms with Crippen LogP contribution in [0, 0.1) is 5.41 Å². The van der Waals surface area contributed by atoms with E-state index in [9.17, 15) is 18.3 Å². The van der Waals surface area contributed by atoms with E-state index in [0.717, 1.165) is 31.6 Å². The SMILES string of the molecule is CC1(C)CCN(c2ccc(Cl)cc2OC2(C(=O)NS(=O)(=O)c3cccc(N4CCC(O)CC4)n3)CC2)CC1. The third kappa shape index (κ3) is 5.87. The van der Waals surface area contributed by atoms with Crippen molar-refractivity contribution in [3.05, 3.63) is 41.4 Å². The number of rotatable bonds is 7. The van der Waals surface area contributed by atoms with Gasteiger partial charge in [-0.25, -0.2) is 9.71 Å². The molecule has 9 nitrogen and oxygen atoms in total. The third-order valence-corrected chi connectivity index (χ3v) is 9.27. The van der Waals surface area contributed by atoms with Crippen LogP contribution >= 0.6 is 11.6 Å². The number of hydrogen-bond acceptors (Lipinski definition) is 8. The first-order valence-electron chi connectivity index (χ1n) is 13.2. The number of halogens is 1. The van der Waals surface area contributed by atoms with E-state index in [1.807, 2.05) is 11.0 Å². The van der Waals surface area contributed by atoms with Crippen molar-refractivity contribution in [1.82, 2.24) is 9.71 Å². The molecule has 2 aliphatic heterocycles. The van der Waals surface area contributed by atoms with Crippen molar-refractivity contribution < 1.29 is 23.1 Å². The van der Waals surface area contributed by atoms with Gasteiger partial charge in [0.05, 0.1) is 11.8 Å². The summed E-state index contributed by atoms with van der Waals surface area (Å²) in [6.07, 6.45) is 3.69. The highest BCUT2D eigenvalue weighted by Gasteiger charge is 2.54. The second-order valence-electron chi connectivity index (χ2n) is 11.3. The molecule has 3 fully saturated rings. The zero-order valence-corrected chi connectivity index (χ0v) is 23.4. The first kappa shape index (κ1) is 27.0. The van der Waals surface area contributed by atoms with Crippen molar-refractivity contribution in [2.75, 3.05) is 36.0 Å². The number of aliphatic hydroxyl groups excluding tert-OH is 1. The lowest BCUT2D eigenvalue weighted by Crippen LogP contribution is -2.44. The van der Waals surface area contributed by atoms with E-state index in [2.05, 4.69) is 28.5 Å². The van der Waals surface area contributed by atoms with Crippen molar-refractivity contribution in [1.29, 1.82) is 0 Å². The van der Waals surface area contributed by atoms with Gasteiger partial charge in [0, 0.05) is 50.1 Å². The minimum absolute atomic E-state index is 0.232. The Morgan fingerprint density at radius 3 is 2.39 bits per heavy atom. The van der Waals surface area contributed by atoms with Gasteiger partial charge in [-0.2, -0.15) is 8.42 Å². The Hall–Kier alpha value is -2.56. The number of ether oxygens (including phenoxy) is 1. The quantitative estimate of drug-likeness (QED) is 0.525. The Labute approximate surface area is 229 Å². The summed E-state index contributed by atoms with van der Waals surface area (Å²) in [6.45, 7) is 7.39. The van der Waals surface area contributed by atoms with Crippen LogP contribution in [0.25, 0.3) is 0 Å². The Balaban J connectivity index is 1.31. The van der Waals surface area contributed by atoms with Gasteiger partial charge in [0.15, 0.2) is 10.6 Å². The van der Waals surface area contributed by atoms with Gasteiger partial charge in [-0.15, -0.1) is 0 Å². The highest BCUT2D eigenvalue weighted by Crippen LogP contribution is 2.45. The van der Waals surface area contributed by atoms with E-state index >= 15 is 0 Å². The van der Waals surface area contributed by atoms with Crippen molar-refractivity contribution in [3.63, 3.8) is 0 Å². The Kier molecular flexibility index (Phi) is 7.26. The van der Waals surface area contributed by atoms with Crippen LogP contribution in [-0.2, 0) is 14.8 Å². The molecule has 3 aliphatic rings. The number of nitrogens with one attached hydrogen (secondary N) is 1. The summed E-state index contributed by atoms with van der Waals surface area (Å²) in [4.78, 5) is 21.7. The molecule has 2 N–H and O–H groups in total. The average Bonchev–Trinajstić information content (AvgIpc) is 3.66. The van der Waals surface area contributed by atoms with Gasteiger partial charge >= 0.3 is 0 Å². The number of benzene rings is 1. The molecule has 0 spiro atoms. The summed E-state index contributed by atoms with van der Waals surface area (Å²) in [7, 11) is -4.22. The normalized spacial score (nSPS) is 21.2. The molecule has 1 aromatic heterocycles. The number of pyridine rings is 1. The number of sulfonamides is 1. The predicted molar refractivity (Wildman–Crippen MR) is 146 cm³/mol. The van der Waals surface area contributed by atoms with Crippen LogP contribution in [0.5, 0.6) is 5.75 Å². The minimum atomic E-state index is -4.22. The lowest BCUT2D eigenvalue weighted by molar-refractivity contribution is -0.127. The lowest BCUT2D eigenvalue weighted by atomic mass is 9.82. The van der Waals surface area contributed by atoms with E-state index in [1.54, 1.807) is 24.3 Å². The molecule has 2 aromatic rings. The predicted octanol–water partition coefficient (Wildman–Crippen LogP) is 3.74. The maximum Gasteiger partial charge on any atom is 0.281 e. The van der Waals surface area contributed by atoms with E-state index in [0.29, 0.717) is 55.4 Å². The fourth-order valence-corrected chi connectivity index (χ4v) is 6.14. The number of carbonyl (C=O) groups excluding carboxylic acids is 1. The fraction of sp³-hybridized carbons (Fsp3) is 0.556. The fourth-order valence-electron chi connectivity index (χ4n) is 4.98. The highest BCUT2D eigenvalue weighted by molar-refractivity contribution is 7.90. The van der Waals surface area contributed by atoms with Crippen LogP contribution in [0.15, 0.2) is 41.4 Å². The van der Waals surface area contributed by atoms with Crippen molar-refractivity contribution in [2.24, 2.45) is 5.41 Å². The largest absolute Gasteiger partial charge is 0.475 e. The molecule has 1 aromatic carbocycles.